The van der Waals surface area contributed by atoms with E-state index in [2.05, 4.69) is 31.0 Å². The molecule has 0 amide bonds. The van der Waals surface area contributed by atoms with E-state index in [-0.39, 0.29) is 12.1 Å². The fourth-order valence-corrected chi connectivity index (χ4v) is 2.31. The minimum Gasteiger partial charge on any atom is -0.490 e. The number of hydrogen-bond donors (Lipinski definition) is 1. The van der Waals surface area contributed by atoms with E-state index in [0.717, 1.165) is 31.0 Å². The van der Waals surface area contributed by atoms with Gasteiger partial charge in [-0.25, -0.2) is 0 Å². The van der Waals surface area contributed by atoms with Crippen molar-refractivity contribution >= 4 is 0 Å². The summed E-state index contributed by atoms with van der Waals surface area (Å²) in [5.41, 5.74) is 8.26. The lowest BCUT2D eigenvalue weighted by Crippen LogP contribution is -2.42. The molecule has 1 aromatic carbocycles. The largest absolute Gasteiger partial charge is 0.490 e. The molecule has 0 aromatic heterocycles. The summed E-state index contributed by atoms with van der Waals surface area (Å²) in [6.45, 7) is 7.30. The fourth-order valence-electron chi connectivity index (χ4n) is 2.31. The molecule has 1 saturated heterocycles. The molecular weight excluding hydrogens is 240 g/mol. The van der Waals surface area contributed by atoms with Crippen LogP contribution >= 0.6 is 0 Å². The second kappa shape index (κ2) is 6.37. The van der Waals surface area contributed by atoms with Crippen LogP contribution in [0, 0.1) is 6.92 Å². The maximum atomic E-state index is 5.99. The molecule has 1 heterocycles. The van der Waals surface area contributed by atoms with Gasteiger partial charge in [0.15, 0.2) is 0 Å². The highest BCUT2D eigenvalue weighted by atomic mass is 16.5. The van der Waals surface area contributed by atoms with Gasteiger partial charge in [0.05, 0.1) is 6.61 Å². The lowest BCUT2D eigenvalue weighted by molar-refractivity contribution is -0.0405. The predicted molar refractivity (Wildman–Crippen MR) is 76.5 cm³/mol. The molecule has 2 atom stereocenters. The second-order valence-electron chi connectivity index (χ2n) is 5.40. The van der Waals surface area contributed by atoms with Crippen LogP contribution in [0.3, 0.4) is 0 Å². The molecule has 1 aromatic rings. The normalized spacial score (nSPS) is 22.2. The highest BCUT2D eigenvalue weighted by molar-refractivity contribution is 5.38. The number of hydrogen-bond acceptors (Lipinski definition) is 4. The Hall–Kier alpha value is -1.10. The topological polar surface area (TPSA) is 47.7 Å². The Bertz CT molecular complexity index is 421. The van der Waals surface area contributed by atoms with Gasteiger partial charge in [-0.05, 0) is 27.0 Å². The van der Waals surface area contributed by atoms with Gasteiger partial charge in [-0.1, -0.05) is 17.7 Å². The number of nitrogens with two attached hydrogens (primary N) is 1. The maximum absolute atomic E-state index is 5.99. The van der Waals surface area contributed by atoms with Crippen LogP contribution in [0.4, 0.5) is 0 Å². The first-order valence-corrected chi connectivity index (χ1v) is 6.85. The van der Waals surface area contributed by atoms with E-state index < -0.39 is 0 Å². The van der Waals surface area contributed by atoms with Crippen molar-refractivity contribution in [3.05, 3.63) is 29.3 Å². The van der Waals surface area contributed by atoms with Crippen molar-refractivity contribution in [3.8, 4) is 5.75 Å². The first kappa shape index (κ1) is 14.3. The molecule has 0 spiro atoms. The molecule has 4 nitrogen and oxygen atoms in total. The van der Waals surface area contributed by atoms with Crippen molar-refractivity contribution < 1.29 is 9.47 Å². The number of aryl methyl sites for hydroxylation is 1. The Morgan fingerprint density at radius 3 is 3.00 bits per heavy atom. The number of morpholine rings is 1. The van der Waals surface area contributed by atoms with Crippen molar-refractivity contribution in [1.82, 2.24) is 4.90 Å². The maximum Gasteiger partial charge on any atom is 0.124 e. The molecule has 2 N–H and O–H groups in total. The number of likely N-dealkylation sites (N-methyl/N-ethyl adjacent to an activating group) is 1. The van der Waals surface area contributed by atoms with Crippen molar-refractivity contribution in [3.63, 3.8) is 0 Å². The summed E-state index contributed by atoms with van der Waals surface area (Å²) in [7, 11) is 2.11. The van der Waals surface area contributed by atoms with Gasteiger partial charge in [0.1, 0.15) is 18.5 Å². The first-order valence-electron chi connectivity index (χ1n) is 6.85. The smallest absolute Gasteiger partial charge is 0.124 e. The summed E-state index contributed by atoms with van der Waals surface area (Å²) in [4.78, 5) is 2.26. The third-order valence-corrected chi connectivity index (χ3v) is 3.42. The monoisotopic (exact) mass is 264 g/mol. The molecule has 0 aliphatic carbocycles. The summed E-state index contributed by atoms with van der Waals surface area (Å²) >= 11 is 0. The van der Waals surface area contributed by atoms with Crippen molar-refractivity contribution in [1.29, 1.82) is 0 Å². The minimum atomic E-state index is -0.0233. The molecule has 1 aliphatic rings. The number of benzene rings is 1. The van der Waals surface area contributed by atoms with Gasteiger partial charge in [0.25, 0.3) is 0 Å². The zero-order valence-corrected chi connectivity index (χ0v) is 12.1. The van der Waals surface area contributed by atoms with Crippen LogP contribution < -0.4 is 10.5 Å². The van der Waals surface area contributed by atoms with Crippen LogP contribution in [-0.2, 0) is 4.74 Å². The molecule has 4 heteroatoms. The summed E-state index contributed by atoms with van der Waals surface area (Å²) in [5.74, 6) is 0.873. The van der Waals surface area contributed by atoms with E-state index in [1.807, 2.05) is 13.0 Å². The Balaban J connectivity index is 1.99. The van der Waals surface area contributed by atoms with E-state index in [1.165, 1.54) is 5.56 Å². The molecule has 0 bridgehead atoms. The third-order valence-electron chi connectivity index (χ3n) is 3.42. The zero-order valence-electron chi connectivity index (χ0n) is 12.1. The SMILES string of the molecule is Cc1ccc(OCC2CN(C)CCO2)c([C@H](C)N)c1. The number of rotatable bonds is 4. The van der Waals surface area contributed by atoms with E-state index >= 15 is 0 Å². The third kappa shape index (κ3) is 3.93. The standard InChI is InChI=1S/C15H24N2O2/c1-11-4-5-15(14(8-11)12(2)16)19-10-13-9-17(3)6-7-18-13/h4-5,8,12-13H,6-7,9-10,16H2,1-3H3/t12-,13?/m0/s1. The van der Waals surface area contributed by atoms with E-state index in [0.29, 0.717) is 6.61 Å². The van der Waals surface area contributed by atoms with Crippen molar-refractivity contribution in [2.24, 2.45) is 5.73 Å². The van der Waals surface area contributed by atoms with Gasteiger partial charge in [0, 0.05) is 24.7 Å². The average molecular weight is 264 g/mol. The summed E-state index contributed by atoms with van der Waals surface area (Å²) in [5, 5.41) is 0. The second-order valence-corrected chi connectivity index (χ2v) is 5.40. The highest BCUT2D eigenvalue weighted by Gasteiger charge is 2.19. The van der Waals surface area contributed by atoms with E-state index in [4.69, 9.17) is 15.2 Å². The molecule has 1 fully saturated rings. The van der Waals surface area contributed by atoms with Gasteiger partial charge in [-0.2, -0.15) is 0 Å². The Labute approximate surface area is 115 Å². The average Bonchev–Trinajstić information content (AvgIpc) is 2.37. The van der Waals surface area contributed by atoms with Gasteiger partial charge in [-0.3, -0.25) is 0 Å². The summed E-state index contributed by atoms with van der Waals surface area (Å²) in [6.07, 6.45) is 0.140. The van der Waals surface area contributed by atoms with Gasteiger partial charge < -0.3 is 20.1 Å². The Morgan fingerprint density at radius 2 is 2.32 bits per heavy atom. The molecule has 0 saturated carbocycles. The van der Waals surface area contributed by atoms with Crippen molar-refractivity contribution in [2.45, 2.75) is 26.0 Å². The summed E-state index contributed by atoms with van der Waals surface area (Å²) in [6, 6.07) is 6.12. The van der Waals surface area contributed by atoms with Crippen molar-refractivity contribution in [2.75, 3.05) is 33.4 Å². The van der Waals surface area contributed by atoms with Crippen LogP contribution in [0.2, 0.25) is 0 Å². The van der Waals surface area contributed by atoms with Crippen LogP contribution in [-0.4, -0.2) is 44.4 Å². The molecule has 19 heavy (non-hydrogen) atoms. The van der Waals surface area contributed by atoms with E-state index in [1.54, 1.807) is 0 Å². The Kier molecular flexibility index (Phi) is 4.80. The molecular formula is C15H24N2O2. The molecule has 2 rings (SSSR count). The molecule has 0 radical (unpaired) electrons. The van der Waals surface area contributed by atoms with Crippen LogP contribution in [0.1, 0.15) is 24.1 Å². The quantitative estimate of drug-likeness (QED) is 0.899. The Morgan fingerprint density at radius 1 is 1.53 bits per heavy atom. The van der Waals surface area contributed by atoms with Gasteiger partial charge in [-0.15, -0.1) is 0 Å². The van der Waals surface area contributed by atoms with Gasteiger partial charge >= 0.3 is 0 Å². The molecule has 1 aliphatic heterocycles. The zero-order chi connectivity index (χ0) is 13.8. The lowest BCUT2D eigenvalue weighted by Gasteiger charge is -2.30. The lowest BCUT2D eigenvalue weighted by atomic mass is 10.1. The van der Waals surface area contributed by atoms with E-state index in [9.17, 15) is 0 Å². The van der Waals surface area contributed by atoms with Crippen LogP contribution in [0.25, 0.3) is 0 Å². The minimum absolute atomic E-state index is 0.0233. The summed E-state index contributed by atoms with van der Waals surface area (Å²) < 4.78 is 11.6. The van der Waals surface area contributed by atoms with Crippen LogP contribution in [0.5, 0.6) is 5.75 Å². The molecule has 106 valence electrons. The first-order chi connectivity index (χ1) is 9.06. The fraction of sp³-hybridized carbons (Fsp3) is 0.600. The van der Waals surface area contributed by atoms with Crippen LogP contribution in [0.15, 0.2) is 18.2 Å². The number of nitrogens with zero attached hydrogens (tertiary/aromatic N) is 1. The van der Waals surface area contributed by atoms with Gasteiger partial charge in [0.2, 0.25) is 0 Å². The number of ether oxygens (including phenoxy) is 2. The molecule has 1 unspecified atom stereocenters. The highest BCUT2D eigenvalue weighted by Crippen LogP contribution is 2.25. The predicted octanol–water partition coefficient (Wildman–Crippen LogP) is 1.72.